The van der Waals surface area contributed by atoms with Gasteiger partial charge in [-0.2, -0.15) is 0 Å². The van der Waals surface area contributed by atoms with E-state index in [0.29, 0.717) is 23.6 Å². The smallest absolute Gasteiger partial charge is 0.0492 e. The zero-order valence-corrected chi connectivity index (χ0v) is 8.59. The third kappa shape index (κ3) is 2.38. The van der Waals surface area contributed by atoms with Crippen LogP contribution in [-0.4, -0.2) is 23.4 Å². The number of nitrogen functional groups attached to an aromatic ring is 1. The highest BCUT2D eigenvalue weighted by molar-refractivity contribution is 6.32. The zero-order chi connectivity index (χ0) is 10.6. The van der Waals surface area contributed by atoms with E-state index >= 15 is 0 Å². The highest BCUT2D eigenvalue weighted by Gasteiger charge is 2.08. The third-order valence-electron chi connectivity index (χ3n) is 2.10. The van der Waals surface area contributed by atoms with Crippen LogP contribution in [0.5, 0.6) is 0 Å². The lowest BCUT2D eigenvalue weighted by Crippen LogP contribution is -2.02. The number of halogens is 1. The molecule has 0 unspecified atom stereocenters. The van der Waals surface area contributed by atoms with Crippen LogP contribution in [0.15, 0.2) is 12.1 Å². The third-order valence-corrected chi connectivity index (χ3v) is 2.57. The van der Waals surface area contributed by atoms with E-state index in [1.807, 2.05) is 0 Å². The van der Waals surface area contributed by atoms with E-state index in [9.17, 15) is 0 Å². The summed E-state index contributed by atoms with van der Waals surface area (Å²) in [5.41, 5.74) is 7.93. The molecule has 0 aliphatic heterocycles. The Morgan fingerprint density at radius 3 is 2.36 bits per heavy atom. The van der Waals surface area contributed by atoms with Gasteiger partial charge in [-0.3, -0.25) is 0 Å². The van der Waals surface area contributed by atoms with Crippen molar-refractivity contribution in [3.05, 3.63) is 28.3 Å². The molecule has 0 aliphatic carbocycles. The van der Waals surface area contributed by atoms with Gasteiger partial charge in [0.2, 0.25) is 0 Å². The number of aliphatic hydroxyl groups is 2. The number of anilines is 1. The summed E-state index contributed by atoms with van der Waals surface area (Å²) in [6.45, 7) is 0.0781. The molecule has 4 heteroatoms. The Morgan fingerprint density at radius 1 is 1.14 bits per heavy atom. The zero-order valence-electron chi connectivity index (χ0n) is 7.83. The Bertz CT molecular complexity index is 315. The molecule has 0 radical (unpaired) electrons. The lowest BCUT2D eigenvalue weighted by molar-refractivity contribution is 0.298. The molecule has 0 fully saturated rings. The van der Waals surface area contributed by atoms with Crippen molar-refractivity contribution in [3.63, 3.8) is 0 Å². The number of hydrogen-bond donors (Lipinski definition) is 3. The first kappa shape index (κ1) is 11.3. The van der Waals surface area contributed by atoms with E-state index in [4.69, 9.17) is 27.5 Å². The van der Waals surface area contributed by atoms with Crippen molar-refractivity contribution < 1.29 is 10.2 Å². The quantitative estimate of drug-likeness (QED) is 0.657. The Hall–Kier alpha value is -0.770. The molecule has 14 heavy (non-hydrogen) atoms. The standard InChI is InChI=1S/C10H14ClNO2/c11-10-7(3-5-13)1-2-9(12)8(10)4-6-14/h1-2,13-14H,3-6,12H2. The van der Waals surface area contributed by atoms with Gasteiger partial charge in [-0.25, -0.2) is 0 Å². The van der Waals surface area contributed by atoms with Crippen LogP contribution in [-0.2, 0) is 12.8 Å². The van der Waals surface area contributed by atoms with Crippen LogP contribution in [0.2, 0.25) is 5.02 Å². The van der Waals surface area contributed by atoms with Crippen molar-refractivity contribution in [2.24, 2.45) is 0 Å². The summed E-state index contributed by atoms with van der Waals surface area (Å²) >= 11 is 6.07. The number of hydrogen-bond acceptors (Lipinski definition) is 3. The van der Waals surface area contributed by atoms with Crippen LogP contribution < -0.4 is 5.73 Å². The van der Waals surface area contributed by atoms with Gasteiger partial charge in [-0.15, -0.1) is 0 Å². The predicted molar refractivity (Wildman–Crippen MR) is 57.4 cm³/mol. The van der Waals surface area contributed by atoms with E-state index in [1.54, 1.807) is 12.1 Å². The second-order valence-corrected chi connectivity index (χ2v) is 3.43. The van der Waals surface area contributed by atoms with E-state index < -0.39 is 0 Å². The van der Waals surface area contributed by atoms with Crippen LogP contribution >= 0.6 is 11.6 Å². The number of nitrogens with two attached hydrogens (primary N) is 1. The van der Waals surface area contributed by atoms with Gasteiger partial charge in [-0.1, -0.05) is 17.7 Å². The summed E-state index contributed by atoms with van der Waals surface area (Å²) in [5, 5.41) is 18.2. The van der Waals surface area contributed by atoms with Crippen LogP contribution in [0, 0.1) is 0 Å². The van der Waals surface area contributed by atoms with E-state index in [2.05, 4.69) is 0 Å². The van der Waals surface area contributed by atoms with Crippen LogP contribution in [0.4, 0.5) is 5.69 Å². The van der Waals surface area contributed by atoms with Gasteiger partial charge in [-0.05, 0) is 30.0 Å². The molecule has 4 N–H and O–H groups in total. The molecule has 1 rings (SSSR count). The molecule has 0 bridgehead atoms. The maximum atomic E-state index is 8.83. The van der Waals surface area contributed by atoms with Gasteiger partial charge in [0.25, 0.3) is 0 Å². The molecule has 0 saturated carbocycles. The molecular weight excluding hydrogens is 202 g/mol. The topological polar surface area (TPSA) is 66.5 Å². The van der Waals surface area contributed by atoms with Crippen molar-refractivity contribution in [2.75, 3.05) is 18.9 Å². The van der Waals surface area contributed by atoms with Crippen molar-refractivity contribution >= 4 is 17.3 Å². The van der Waals surface area contributed by atoms with Crippen LogP contribution in [0.25, 0.3) is 0 Å². The molecule has 3 nitrogen and oxygen atoms in total. The van der Waals surface area contributed by atoms with E-state index in [0.717, 1.165) is 11.1 Å². The number of rotatable bonds is 4. The minimum atomic E-state index is 0.0203. The predicted octanol–water partition coefficient (Wildman–Crippen LogP) is 0.992. The molecule has 0 amide bonds. The normalized spacial score (nSPS) is 10.5. The Kier molecular flexibility index (Phi) is 4.20. The first-order valence-electron chi connectivity index (χ1n) is 4.48. The molecule has 0 aromatic heterocycles. The number of benzene rings is 1. The lowest BCUT2D eigenvalue weighted by Gasteiger charge is -2.10. The van der Waals surface area contributed by atoms with Crippen molar-refractivity contribution in [1.29, 1.82) is 0 Å². The minimum Gasteiger partial charge on any atom is -0.398 e. The number of aliphatic hydroxyl groups excluding tert-OH is 2. The Morgan fingerprint density at radius 2 is 1.79 bits per heavy atom. The Labute approximate surface area is 88.1 Å². The average Bonchev–Trinajstić information content (AvgIpc) is 2.17. The van der Waals surface area contributed by atoms with Gasteiger partial charge in [0.1, 0.15) is 0 Å². The van der Waals surface area contributed by atoms with Gasteiger partial charge in [0.05, 0.1) is 0 Å². The van der Waals surface area contributed by atoms with E-state index in [-0.39, 0.29) is 13.2 Å². The summed E-state index contributed by atoms with van der Waals surface area (Å²) in [6, 6.07) is 3.55. The average molecular weight is 216 g/mol. The van der Waals surface area contributed by atoms with Crippen molar-refractivity contribution in [1.82, 2.24) is 0 Å². The lowest BCUT2D eigenvalue weighted by atomic mass is 10.0. The van der Waals surface area contributed by atoms with Crippen molar-refractivity contribution in [3.8, 4) is 0 Å². The summed E-state index contributed by atoms with van der Waals surface area (Å²) in [7, 11) is 0. The Balaban J connectivity index is 3.05. The molecule has 0 saturated heterocycles. The van der Waals surface area contributed by atoms with Crippen LogP contribution in [0.1, 0.15) is 11.1 Å². The van der Waals surface area contributed by atoms with Gasteiger partial charge in [0.15, 0.2) is 0 Å². The molecule has 1 aromatic carbocycles. The fraction of sp³-hybridized carbons (Fsp3) is 0.400. The van der Waals surface area contributed by atoms with Gasteiger partial charge < -0.3 is 15.9 Å². The molecule has 0 aliphatic rings. The highest BCUT2D eigenvalue weighted by Crippen LogP contribution is 2.27. The molecule has 0 atom stereocenters. The summed E-state index contributed by atoms with van der Waals surface area (Å²) in [6.07, 6.45) is 0.960. The second kappa shape index (κ2) is 5.20. The molecular formula is C10H14ClNO2. The molecule has 0 spiro atoms. The first-order chi connectivity index (χ1) is 6.70. The fourth-order valence-corrected chi connectivity index (χ4v) is 1.73. The first-order valence-corrected chi connectivity index (χ1v) is 4.86. The van der Waals surface area contributed by atoms with Crippen LogP contribution in [0.3, 0.4) is 0 Å². The summed E-state index contributed by atoms with van der Waals surface area (Å²) < 4.78 is 0. The van der Waals surface area contributed by atoms with E-state index in [1.165, 1.54) is 0 Å². The SMILES string of the molecule is Nc1ccc(CCO)c(Cl)c1CCO. The molecule has 0 heterocycles. The molecule has 1 aromatic rings. The summed E-state index contributed by atoms with van der Waals surface area (Å²) in [5.74, 6) is 0. The van der Waals surface area contributed by atoms with Crippen molar-refractivity contribution in [2.45, 2.75) is 12.8 Å². The maximum absolute atomic E-state index is 8.83. The minimum absolute atomic E-state index is 0.0203. The second-order valence-electron chi connectivity index (χ2n) is 3.05. The van der Waals surface area contributed by atoms with Gasteiger partial charge in [0, 0.05) is 23.9 Å². The fourth-order valence-electron chi connectivity index (χ4n) is 1.36. The monoisotopic (exact) mass is 215 g/mol. The highest BCUT2D eigenvalue weighted by atomic mass is 35.5. The maximum Gasteiger partial charge on any atom is 0.0492 e. The molecule has 78 valence electrons. The summed E-state index contributed by atoms with van der Waals surface area (Å²) in [4.78, 5) is 0. The van der Waals surface area contributed by atoms with Gasteiger partial charge >= 0.3 is 0 Å². The largest absolute Gasteiger partial charge is 0.398 e.